The summed E-state index contributed by atoms with van der Waals surface area (Å²) in [6.07, 6.45) is 0.227. The Morgan fingerprint density at radius 1 is 1.02 bits per heavy atom. The largest absolute Gasteiger partial charge is 0.491 e. The van der Waals surface area contributed by atoms with E-state index in [1.807, 2.05) is 58.9 Å². The molecule has 7 nitrogen and oxygen atoms in total. The Labute approximate surface area is 237 Å². The van der Waals surface area contributed by atoms with Crippen LogP contribution in [0.4, 0.5) is 4.79 Å². The van der Waals surface area contributed by atoms with Crippen LogP contribution in [0.3, 0.4) is 0 Å². The van der Waals surface area contributed by atoms with E-state index < -0.39 is 11.4 Å². The Kier molecular flexibility index (Phi) is 8.36. The highest BCUT2D eigenvalue weighted by molar-refractivity contribution is 5.82. The van der Waals surface area contributed by atoms with Crippen molar-refractivity contribution < 1.29 is 28.5 Å². The lowest BCUT2D eigenvalue weighted by atomic mass is 9.87. The molecule has 2 aliphatic heterocycles. The van der Waals surface area contributed by atoms with Gasteiger partial charge in [0.15, 0.2) is 5.79 Å². The first-order chi connectivity index (χ1) is 19.0. The van der Waals surface area contributed by atoms with Gasteiger partial charge in [0, 0.05) is 12.5 Å². The molecule has 0 bridgehead atoms. The smallest absolute Gasteiger partial charge is 0.410 e. The molecule has 1 amide bonds. The third-order valence-corrected chi connectivity index (χ3v) is 7.30. The number of benzene rings is 3. The van der Waals surface area contributed by atoms with Gasteiger partial charge in [0.1, 0.15) is 24.1 Å². The summed E-state index contributed by atoms with van der Waals surface area (Å²) in [7, 11) is 0. The van der Waals surface area contributed by atoms with Gasteiger partial charge in [-0.25, -0.2) is 4.79 Å². The summed E-state index contributed by atoms with van der Waals surface area (Å²) in [4.78, 5) is 14.7. The van der Waals surface area contributed by atoms with E-state index in [9.17, 15) is 4.79 Å². The maximum absolute atomic E-state index is 12.9. The SMILES string of the molecule is CC(C)(C)OC(=O)N1CCC(c2ccc(OCC3COC(C)(C)O3)cc2)C(OCc2ccc3ccccc3c2)C1. The van der Waals surface area contributed by atoms with Gasteiger partial charge in [-0.15, -0.1) is 0 Å². The second-order valence-corrected chi connectivity index (χ2v) is 12.2. The van der Waals surface area contributed by atoms with Crippen LogP contribution in [0.5, 0.6) is 5.75 Å². The summed E-state index contributed by atoms with van der Waals surface area (Å²) in [5, 5.41) is 2.39. The molecule has 0 N–H and O–H groups in total. The molecule has 0 saturated carbocycles. The van der Waals surface area contributed by atoms with Gasteiger partial charge in [0.2, 0.25) is 0 Å². The van der Waals surface area contributed by atoms with Crippen molar-refractivity contribution in [2.24, 2.45) is 0 Å². The number of amides is 1. The van der Waals surface area contributed by atoms with Crippen molar-refractivity contribution in [2.45, 2.75) is 77.2 Å². The predicted octanol–water partition coefficient (Wildman–Crippen LogP) is 6.68. The molecule has 5 rings (SSSR count). The monoisotopic (exact) mass is 547 g/mol. The van der Waals surface area contributed by atoms with Crippen LogP contribution in [0.1, 0.15) is 58.1 Å². The average Bonchev–Trinajstić information content (AvgIpc) is 3.28. The number of nitrogens with zero attached hydrogens (tertiary/aromatic N) is 1. The quantitative estimate of drug-likeness (QED) is 0.329. The van der Waals surface area contributed by atoms with Crippen molar-refractivity contribution in [3.8, 4) is 5.75 Å². The van der Waals surface area contributed by atoms with Gasteiger partial charge in [-0.05, 0) is 81.1 Å². The Morgan fingerprint density at radius 3 is 2.48 bits per heavy atom. The molecule has 0 radical (unpaired) electrons. The van der Waals surface area contributed by atoms with Gasteiger partial charge in [0.25, 0.3) is 0 Å². The van der Waals surface area contributed by atoms with E-state index in [1.54, 1.807) is 4.90 Å². The van der Waals surface area contributed by atoms with Crippen molar-refractivity contribution >= 4 is 16.9 Å². The number of likely N-dealkylation sites (tertiary alicyclic amines) is 1. The van der Waals surface area contributed by atoms with Gasteiger partial charge >= 0.3 is 6.09 Å². The Balaban J connectivity index is 1.27. The molecule has 2 saturated heterocycles. The second-order valence-electron chi connectivity index (χ2n) is 12.2. The van der Waals surface area contributed by atoms with Crippen molar-refractivity contribution in [3.63, 3.8) is 0 Å². The van der Waals surface area contributed by atoms with Gasteiger partial charge in [0.05, 0.1) is 25.9 Å². The minimum absolute atomic E-state index is 0.0836. The van der Waals surface area contributed by atoms with Gasteiger partial charge in [-0.2, -0.15) is 0 Å². The van der Waals surface area contributed by atoms with Crippen molar-refractivity contribution in [3.05, 3.63) is 77.9 Å². The van der Waals surface area contributed by atoms with E-state index in [1.165, 1.54) is 16.3 Å². The zero-order valence-electron chi connectivity index (χ0n) is 24.2. The molecule has 7 heteroatoms. The standard InChI is InChI=1S/C33H41NO6/c1-32(2,3)40-31(35)34-17-16-29(25-12-14-27(15-13-25)36-21-28-22-38-33(4,5)39-28)30(19-34)37-20-23-10-11-24-8-6-7-9-26(24)18-23/h6-15,18,28-30H,16-17,19-22H2,1-5H3. The highest BCUT2D eigenvalue weighted by Gasteiger charge is 2.35. The number of carbonyl (C=O) groups is 1. The number of carbonyl (C=O) groups excluding carboxylic acids is 1. The number of rotatable bonds is 7. The van der Waals surface area contributed by atoms with Crippen LogP contribution in [-0.4, -0.2) is 60.9 Å². The number of piperidine rings is 1. The highest BCUT2D eigenvalue weighted by Crippen LogP contribution is 2.33. The molecular weight excluding hydrogens is 506 g/mol. The topological polar surface area (TPSA) is 66.5 Å². The highest BCUT2D eigenvalue weighted by atomic mass is 16.7. The number of hydrogen-bond acceptors (Lipinski definition) is 6. The summed E-state index contributed by atoms with van der Waals surface area (Å²) in [5.74, 6) is 0.367. The molecule has 3 aromatic carbocycles. The molecule has 0 spiro atoms. The Bertz CT molecular complexity index is 1300. The lowest BCUT2D eigenvalue weighted by Gasteiger charge is -2.39. The molecule has 3 atom stereocenters. The fourth-order valence-corrected chi connectivity index (χ4v) is 5.34. The third-order valence-electron chi connectivity index (χ3n) is 7.30. The van der Waals surface area contributed by atoms with Crippen LogP contribution in [-0.2, 0) is 25.6 Å². The van der Waals surface area contributed by atoms with Crippen LogP contribution in [0, 0.1) is 0 Å². The number of hydrogen-bond donors (Lipinski definition) is 0. The summed E-state index contributed by atoms with van der Waals surface area (Å²) in [6.45, 7) is 12.0. The zero-order chi connectivity index (χ0) is 28.3. The predicted molar refractivity (Wildman–Crippen MR) is 155 cm³/mol. The van der Waals surface area contributed by atoms with Crippen molar-refractivity contribution in [2.75, 3.05) is 26.3 Å². The van der Waals surface area contributed by atoms with Crippen LogP contribution in [0.2, 0.25) is 0 Å². The van der Waals surface area contributed by atoms with E-state index in [4.69, 9.17) is 23.7 Å². The Hall–Kier alpha value is -3.13. The van der Waals surface area contributed by atoms with Crippen molar-refractivity contribution in [1.29, 1.82) is 0 Å². The molecule has 3 unspecified atom stereocenters. The van der Waals surface area contributed by atoms with Crippen LogP contribution >= 0.6 is 0 Å². The molecular formula is C33H41NO6. The minimum atomic E-state index is -0.562. The normalized spacial score (nSPS) is 22.8. The third kappa shape index (κ3) is 7.33. The molecule has 2 fully saturated rings. The first-order valence-electron chi connectivity index (χ1n) is 14.2. The maximum atomic E-state index is 12.9. The lowest BCUT2D eigenvalue weighted by Crippen LogP contribution is -2.48. The molecule has 214 valence electrons. The second kappa shape index (κ2) is 11.8. The molecule has 40 heavy (non-hydrogen) atoms. The number of ether oxygens (including phenoxy) is 5. The zero-order valence-corrected chi connectivity index (χ0v) is 24.2. The minimum Gasteiger partial charge on any atom is -0.491 e. The molecule has 0 aliphatic carbocycles. The van der Waals surface area contributed by atoms with Gasteiger partial charge in [-0.3, -0.25) is 0 Å². The summed E-state index contributed by atoms with van der Waals surface area (Å²) >= 11 is 0. The summed E-state index contributed by atoms with van der Waals surface area (Å²) in [6, 6.07) is 22.9. The molecule has 2 heterocycles. The first-order valence-corrected chi connectivity index (χ1v) is 14.2. The first kappa shape index (κ1) is 28.4. The van der Waals surface area contributed by atoms with E-state index in [-0.39, 0.29) is 24.2 Å². The Morgan fingerprint density at radius 2 is 1.77 bits per heavy atom. The molecule has 2 aliphatic rings. The van der Waals surface area contributed by atoms with Crippen LogP contribution in [0.25, 0.3) is 10.8 Å². The van der Waals surface area contributed by atoms with Gasteiger partial charge in [-0.1, -0.05) is 48.5 Å². The number of fused-ring (bicyclic) bond motifs is 1. The van der Waals surface area contributed by atoms with E-state index in [2.05, 4.69) is 42.5 Å². The fourth-order valence-electron chi connectivity index (χ4n) is 5.34. The fraction of sp³-hybridized carbons (Fsp3) is 0.485. The van der Waals surface area contributed by atoms with E-state index >= 15 is 0 Å². The summed E-state index contributed by atoms with van der Waals surface area (Å²) < 4.78 is 29.7. The van der Waals surface area contributed by atoms with E-state index in [0.717, 1.165) is 17.7 Å². The lowest BCUT2D eigenvalue weighted by molar-refractivity contribution is -0.141. The van der Waals surface area contributed by atoms with Crippen LogP contribution in [0.15, 0.2) is 66.7 Å². The van der Waals surface area contributed by atoms with Crippen LogP contribution < -0.4 is 4.74 Å². The van der Waals surface area contributed by atoms with Gasteiger partial charge < -0.3 is 28.6 Å². The summed E-state index contributed by atoms with van der Waals surface area (Å²) in [5.41, 5.74) is 1.73. The molecule has 3 aromatic rings. The van der Waals surface area contributed by atoms with E-state index in [0.29, 0.717) is 32.9 Å². The molecule has 0 aromatic heterocycles. The van der Waals surface area contributed by atoms with Crippen molar-refractivity contribution in [1.82, 2.24) is 4.90 Å². The maximum Gasteiger partial charge on any atom is 0.410 e. The average molecular weight is 548 g/mol.